The van der Waals surface area contributed by atoms with Crippen LogP contribution in [0.2, 0.25) is 0 Å². The van der Waals surface area contributed by atoms with Gasteiger partial charge in [-0.1, -0.05) is 6.07 Å². The Morgan fingerprint density at radius 1 is 1.33 bits per heavy atom. The molecule has 4 N–H and O–H groups in total. The van der Waals surface area contributed by atoms with Crippen molar-refractivity contribution in [3.05, 3.63) is 35.4 Å². The van der Waals surface area contributed by atoms with E-state index in [1.54, 1.807) is 0 Å². The maximum absolute atomic E-state index is 13.6. The van der Waals surface area contributed by atoms with E-state index in [1.165, 1.54) is 18.2 Å². The van der Waals surface area contributed by atoms with Gasteiger partial charge >= 0.3 is 0 Å². The van der Waals surface area contributed by atoms with E-state index in [-0.39, 0.29) is 24.8 Å². The Bertz CT molecular complexity index is 354. The molecule has 0 radical (unpaired) electrons. The first-order valence-electron chi connectivity index (χ1n) is 6.11. The van der Waals surface area contributed by atoms with Gasteiger partial charge in [-0.05, 0) is 31.9 Å². The molecule has 0 bridgehead atoms. The minimum atomic E-state index is -0.590. The number of aliphatic hydroxyl groups excluding tert-OH is 1. The van der Waals surface area contributed by atoms with Gasteiger partial charge in [0.1, 0.15) is 11.6 Å². The quantitative estimate of drug-likeness (QED) is 0.698. The molecule has 1 rings (SSSR count). The van der Waals surface area contributed by atoms with E-state index in [9.17, 15) is 8.78 Å². The minimum Gasteiger partial charge on any atom is -0.396 e. The number of hydrogen-bond acceptors (Lipinski definition) is 3. The van der Waals surface area contributed by atoms with Gasteiger partial charge in [-0.2, -0.15) is 0 Å². The van der Waals surface area contributed by atoms with Gasteiger partial charge in [0.15, 0.2) is 0 Å². The summed E-state index contributed by atoms with van der Waals surface area (Å²) in [5.41, 5.74) is 5.56. The third-order valence-corrected chi connectivity index (χ3v) is 2.86. The summed E-state index contributed by atoms with van der Waals surface area (Å²) in [6.07, 6.45) is 1.37. The van der Waals surface area contributed by atoms with E-state index in [4.69, 9.17) is 10.8 Å². The van der Waals surface area contributed by atoms with Gasteiger partial charge in [-0.3, -0.25) is 0 Å². The Balaban J connectivity index is 2.77. The van der Waals surface area contributed by atoms with Crippen LogP contribution in [0.4, 0.5) is 8.78 Å². The summed E-state index contributed by atoms with van der Waals surface area (Å²) in [5.74, 6) is -1.18. The maximum atomic E-state index is 13.6. The zero-order valence-electron chi connectivity index (χ0n) is 10.5. The van der Waals surface area contributed by atoms with E-state index in [2.05, 4.69) is 5.32 Å². The molecule has 0 aliphatic heterocycles. The molecule has 0 fully saturated rings. The predicted molar refractivity (Wildman–Crippen MR) is 67.1 cm³/mol. The second-order valence-electron chi connectivity index (χ2n) is 4.36. The first kappa shape index (κ1) is 15.0. The lowest BCUT2D eigenvalue weighted by Gasteiger charge is -2.23. The minimum absolute atomic E-state index is 0.0177. The van der Waals surface area contributed by atoms with E-state index in [1.807, 2.05) is 6.92 Å². The maximum Gasteiger partial charge on any atom is 0.130 e. The summed E-state index contributed by atoms with van der Waals surface area (Å²) >= 11 is 0. The van der Waals surface area contributed by atoms with Crippen LogP contribution >= 0.6 is 0 Å². The Labute approximate surface area is 106 Å². The Morgan fingerprint density at radius 3 is 2.44 bits per heavy atom. The molecular weight excluding hydrogens is 238 g/mol. The number of hydrogen-bond donors (Lipinski definition) is 3. The first-order valence-corrected chi connectivity index (χ1v) is 6.11. The number of halogens is 2. The van der Waals surface area contributed by atoms with Gasteiger partial charge in [-0.15, -0.1) is 0 Å². The van der Waals surface area contributed by atoms with Crippen LogP contribution in [-0.2, 0) is 0 Å². The fourth-order valence-corrected chi connectivity index (χ4v) is 1.94. The van der Waals surface area contributed by atoms with Crippen molar-refractivity contribution >= 4 is 0 Å². The lowest BCUT2D eigenvalue weighted by Crippen LogP contribution is -2.36. The van der Waals surface area contributed by atoms with Crippen molar-refractivity contribution in [1.29, 1.82) is 0 Å². The molecule has 0 aliphatic carbocycles. The number of nitrogens with two attached hydrogens (primary N) is 1. The second-order valence-corrected chi connectivity index (χ2v) is 4.36. The summed E-state index contributed by atoms with van der Waals surface area (Å²) in [6, 6.07) is 3.25. The number of rotatable bonds is 7. The van der Waals surface area contributed by atoms with Crippen LogP contribution in [-0.4, -0.2) is 24.3 Å². The molecule has 1 aromatic carbocycles. The molecule has 1 aromatic rings. The van der Waals surface area contributed by atoms with Crippen molar-refractivity contribution in [2.45, 2.75) is 31.8 Å². The van der Waals surface area contributed by atoms with Crippen molar-refractivity contribution < 1.29 is 13.9 Å². The second kappa shape index (κ2) is 7.41. The topological polar surface area (TPSA) is 58.3 Å². The van der Waals surface area contributed by atoms with E-state index in [0.29, 0.717) is 6.42 Å². The number of nitrogens with one attached hydrogen (secondary N) is 1. The lowest BCUT2D eigenvalue weighted by atomic mass is 10.0. The average molecular weight is 258 g/mol. The predicted octanol–water partition coefficient (Wildman–Crippen LogP) is 1.72. The van der Waals surface area contributed by atoms with Crippen LogP contribution in [0.3, 0.4) is 0 Å². The molecule has 102 valence electrons. The third-order valence-electron chi connectivity index (χ3n) is 2.86. The average Bonchev–Trinajstić information content (AvgIpc) is 2.34. The standard InChI is InChI=1S/C13H20F2N2O/c1-9(4-3-7-18)17-12(8-16)13-10(14)5-2-6-11(13)15/h2,5-6,9,12,17-18H,3-4,7-8,16H2,1H3. The summed E-state index contributed by atoms with van der Waals surface area (Å²) in [6.45, 7) is 2.12. The highest BCUT2D eigenvalue weighted by molar-refractivity contribution is 5.23. The SMILES string of the molecule is CC(CCCO)NC(CN)c1c(F)cccc1F. The molecule has 3 nitrogen and oxygen atoms in total. The lowest BCUT2D eigenvalue weighted by molar-refractivity contribution is 0.273. The fraction of sp³-hybridized carbons (Fsp3) is 0.538. The smallest absolute Gasteiger partial charge is 0.130 e. The molecule has 0 saturated heterocycles. The highest BCUT2D eigenvalue weighted by atomic mass is 19.1. The zero-order valence-corrected chi connectivity index (χ0v) is 10.5. The van der Waals surface area contributed by atoms with Gasteiger partial charge in [0.2, 0.25) is 0 Å². The Morgan fingerprint density at radius 2 is 1.94 bits per heavy atom. The van der Waals surface area contributed by atoms with Crippen LogP contribution < -0.4 is 11.1 Å². The fourth-order valence-electron chi connectivity index (χ4n) is 1.94. The van der Waals surface area contributed by atoms with Gasteiger partial charge in [0.25, 0.3) is 0 Å². The van der Waals surface area contributed by atoms with Crippen LogP contribution in [0.15, 0.2) is 18.2 Å². The molecule has 0 saturated carbocycles. The monoisotopic (exact) mass is 258 g/mol. The normalized spacial score (nSPS) is 14.5. The van der Waals surface area contributed by atoms with Gasteiger partial charge in [-0.25, -0.2) is 8.78 Å². The number of aliphatic hydroxyl groups is 1. The van der Waals surface area contributed by atoms with Gasteiger partial charge in [0.05, 0.1) is 6.04 Å². The van der Waals surface area contributed by atoms with E-state index < -0.39 is 17.7 Å². The molecule has 0 spiro atoms. The zero-order chi connectivity index (χ0) is 13.5. The number of benzene rings is 1. The van der Waals surface area contributed by atoms with Crippen molar-refractivity contribution in [3.63, 3.8) is 0 Å². The van der Waals surface area contributed by atoms with Crippen LogP contribution in [0, 0.1) is 11.6 Å². The van der Waals surface area contributed by atoms with Gasteiger partial charge < -0.3 is 16.2 Å². The van der Waals surface area contributed by atoms with Crippen LogP contribution in [0.1, 0.15) is 31.4 Å². The molecular formula is C13H20F2N2O. The van der Waals surface area contributed by atoms with Crippen LogP contribution in [0.5, 0.6) is 0 Å². The first-order chi connectivity index (χ1) is 8.60. The summed E-state index contributed by atoms with van der Waals surface area (Å²) in [7, 11) is 0. The molecule has 0 amide bonds. The Hall–Kier alpha value is -1.04. The van der Waals surface area contributed by atoms with Crippen molar-refractivity contribution in [1.82, 2.24) is 5.32 Å². The van der Waals surface area contributed by atoms with Gasteiger partial charge in [0, 0.05) is 24.8 Å². The van der Waals surface area contributed by atoms with E-state index >= 15 is 0 Å². The molecule has 2 unspecified atom stereocenters. The Kier molecular flexibility index (Phi) is 6.18. The summed E-state index contributed by atoms with van der Waals surface area (Å²) in [4.78, 5) is 0. The molecule has 0 aliphatic rings. The highest BCUT2D eigenvalue weighted by Gasteiger charge is 2.20. The van der Waals surface area contributed by atoms with Crippen molar-refractivity contribution in [2.75, 3.05) is 13.2 Å². The largest absolute Gasteiger partial charge is 0.396 e. The third kappa shape index (κ3) is 4.01. The molecule has 0 heterocycles. The molecule has 0 aromatic heterocycles. The van der Waals surface area contributed by atoms with Crippen molar-refractivity contribution in [3.8, 4) is 0 Å². The highest BCUT2D eigenvalue weighted by Crippen LogP contribution is 2.20. The van der Waals surface area contributed by atoms with E-state index in [0.717, 1.165) is 6.42 Å². The van der Waals surface area contributed by atoms with Crippen molar-refractivity contribution in [2.24, 2.45) is 5.73 Å². The summed E-state index contributed by atoms with van der Waals surface area (Å²) < 4.78 is 27.2. The molecule has 2 atom stereocenters. The summed E-state index contributed by atoms with van der Waals surface area (Å²) in [5, 5.41) is 11.8. The molecule has 18 heavy (non-hydrogen) atoms. The van der Waals surface area contributed by atoms with Crippen LogP contribution in [0.25, 0.3) is 0 Å². The molecule has 5 heteroatoms.